The van der Waals surface area contributed by atoms with Crippen LogP contribution in [-0.2, 0) is 6.18 Å². The van der Waals surface area contributed by atoms with Gasteiger partial charge in [-0.05, 0) is 38.2 Å². The molecule has 10 heteroatoms. The van der Waals surface area contributed by atoms with Crippen LogP contribution in [0.15, 0.2) is 30.3 Å². The number of aromatic nitrogens is 4. The van der Waals surface area contributed by atoms with Gasteiger partial charge in [0.25, 0.3) is 5.78 Å². The molecule has 0 saturated heterocycles. The van der Waals surface area contributed by atoms with Crippen LogP contribution in [0.3, 0.4) is 0 Å². The second kappa shape index (κ2) is 7.16. The van der Waals surface area contributed by atoms with Gasteiger partial charge in [-0.15, -0.1) is 5.10 Å². The van der Waals surface area contributed by atoms with Gasteiger partial charge in [-0.25, -0.2) is 4.98 Å². The van der Waals surface area contributed by atoms with E-state index in [1.54, 1.807) is 20.0 Å². The number of hydrogen-bond donors (Lipinski definition) is 2. The summed E-state index contributed by atoms with van der Waals surface area (Å²) in [6.07, 6.45) is -4.37. The molecule has 0 amide bonds. The van der Waals surface area contributed by atoms with E-state index in [4.69, 9.17) is 4.74 Å². The minimum Gasteiger partial charge on any atom is -0.461 e. The Kier molecular flexibility index (Phi) is 4.94. The summed E-state index contributed by atoms with van der Waals surface area (Å²) in [6, 6.07) is 6.63. The van der Waals surface area contributed by atoms with E-state index in [0.717, 1.165) is 12.1 Å². The molecule has 0 unspecified atom stereocenters. The minimum atomic E-state index is -4.37. The predicted molar refractivity (Wildman–Crippen MR) is 89.7 cm³/mol. The zero-order chi connectivity index (χ0) is 18.7. The van der Waals surface area contributed by atoms with E-state index in [9.17, 15) is 13.2 Å². The second-order valence-corrected chi connectivity index (χ2v) is 5.54. The van der Waals surface area contributed by atoms with Crippen LogP contribution < -0.4 is 15.4 Å². The van der Waals surface area contributed by atoms with Gasteiger partial charge >= 0.3 is 12.2 Å². The maximum atomic E-state index is 12.7. The highest BCUT2D eigenvalue weighted by atomic mass is 19.4. The summed E-state index contributed by atoms with van der Waals surface area (Å²) in [7, 11) is 1.80. The number of halogens is 3. The van der Waals surface area contributed by atoms with Gasteiger partial charge in [0, 0.05) is 24.0 Å². The molecule has 0 aliphatic carbocycles. The third-order valence-corrected chi connectivity index (χ3v) is 3.49. The molecule has 0 bridgehead atoms. The molecule has 0 spiro atoms. The number of fused-ring (bicyclic) bond motifs is 1. The molecule has 0 aliphatic rings. The lowest BCUT2D eigenvalue weighted by molar-refractivity contribution is -0.137. The van der Waals surface area contributed by atoms with Gasteiger partial charge in [-0.3, -0.25) is 0 Å². The van der Waals surface area contributed by atoms with Crippen molar-refractivity contribution in [2.45, 2.75) is 13.1 Å². The quantitative estimate of drug-likeness (QED) is 0.654. The first-order valence-electron chi connectivity index (χ1n) is 7.83. The summed E-state index contributed by atoms with van der Waals surface area (Å²) in [6.45, 7) is 2.82. The Hall–Kier alpha value is -2.88. The zero-order valence-corrected chi connectivity index (χ0v) is 14.1. The van der Waals surface area contributed by atoms with Gasteiger partial charge in [-0.2, -0.15) is 22.7 Å². The molecule has 3 aromatic rings. The Bertz CT molecular complexity index is 891. The number of nitrogens with one attached hydrogen (secondary N) is 2. The summed E-state index contributed by atoms with van der Waals surface area (Å²) in [5.41, 5.74) is 0.458. The SMILES string of the molecule is CNCCOc1nc2nc(C)cc(Nc3ccc(C(F)(F)F)cc3)n2n1. The summed E-state index contributed by atoms with van der Waals surface area (Å²) in [5, 5.41) is 10.2. The molecule has 0 saturated carbocycles. The molecule has 0 atom stereocenters. The number of likely N-dealkylation sites (N-methyl/N-ethyl adjacent to an activating group) is 1. The standard InChI is InChI=1S/C16H17F3N6O/c1-10-9-13(22-12-5-3-11(4-6-12)16(17,18)19)25-14(21-10)23-15(24-25)26-8-7-20-2/h3-6,9,20,22H,7-8H2,1-2H3. The lowest BCUT2D eigenvalue weighted by Gasteiger charge is -2.10. The number of nitrogens with zero attached hydrogens (tertiary/aromatic N) is 4. The number of ether oxygens (including phenoxy) is 1. The van der Waals surface area contributed by atoms with Crippen molar-refractivity contribution in [1.29, 1.82) is 0 Å². The second-order valence-electron chi connectivity index (χ2n) is 5.54. The van der Waals surface area contributed by atoms with E-state index in [1.807, 2.05) is 0 Å². The van der Waals surface area contributed by atoms with Crippen molar-refractivity contribution in [3.63, 3.8) is 0 Å². The maximum Gasteiger partial charge on any atom is 0.416 e. The molecule has 7 nitrogen and oxygen atoms in total. The van der Waals surface area contributed by atoms with Crippen LogP contribution in [0, 0.1) is 6.92 Å². The Morgan fingerprint density at radius 2 is 1.88 bits per heavy atom. The van der Waals surface area contributed by atoms with Crippen LogP contribution in [-0.4, -0.2) is 39.8 Å². The number of anilines is 2. The number of hydrogen-bond acceptors (Lipinski definition) is 6. The average molecular weight is 366 g/mol. The minimum absolute atomic E-state index is 0.175. The van der Waals surface area contributed by atoms with E-state index in [0.29, 0.717) is 36.1 Å². The number of benzene rings is 1. The highest BCUT2D eigenvalue weighted by molar-refractivity contribution is 5.59. The Morgan fingerprint density at radius 3 is 2.54 bits per heavy atom. The largest absolute Gasteiger partial charge is 0.461 e. The lowest BCUT2D eigenvalue weighted by atomic mass is 10.2. The number of aryl methyl sites for hydroxylation is 1. The number of alkyl halides is 3. The fraction of sp³-hybridized carbons (Fsp3) is 0.312. The van der Waals surface area contributed by atoms with Crippen molar-refractivity contribution >= 4 is 17.3 Å². The summed E-state index contributed by atoms with van der Waals surface area (Å²) < 4.78 is 44.9. The molecule has 2 heterocycles. The first kappa shape index (κ1) is 17.9. The monoisotopic (exact) mass is 366 g/mol. The average Bonchev–Trinajstić information content (AvgIpc) is 2.97. The van der Waals surface area contributed by atoms with Gasteiger partial charge in [0.2, 0.25) is 0 Å². The van der Waals surface area contributed by atoms with Crippen molar-refractivity contribution in [2.75, 3.05) is 25.5 Å². The van der Waals surface area contributed by atoms with Crippen LogP contribution >= 0.6 is 0 Å². The Labute approximate surface area is 147 Å². The van der Waals surface area contributed by atoms with Crippen LogP contribution in [0.25, 0.3) is 5.78 Å². The Balaban J connectivity index is 1.86. The van der Waals surface area contributed by atoms with E-state index in [-0.39, 0.29) is 6.01 Å². The molecular formula is C16H17F3N6O. The molecule has 26 heavy (non-hydrogen) atoms. The third kappa shape index (κ3) is 4.02. The third-order valence-electron chi connectivity index (χ3n) is 3.49. The molecular weight excluding hydrogens is 349 g/mol. The molecule has 2 aromatic heterocycles. The van der Waals surface area contributed by atoms with Crippen LogP contribution in [0.1, 0.15) is 11.3 Å². The fourth-order valence-corrected chi connectivity index (χ4v) is 2.25. The smallest absolute Gasteiger partial charge is 0.416 e. The summed E-state index contributed by atoms with van der Waals surface area (Å²) in [5.74, 6) is 0.849. The first-order chi connectivity index (χ1) is 12.4. The van der Waals surface area contributed by atoms with Crippen LogP contribution in [0.2, 0.25) is 0 Å². The van der Waals surface area contributed by atoms with Crippen molar-refractivity contribution in [2.24, 2.45) is 0 Å². The fourth-order valence-electron chi connectivity index (χ4n) is 2.25. The highest BCUT2D eigenvalue weighted by Crippen LogP contribution is 2.30. The van der Waals surface area contributed by atoms with Gasteiger partial charge in [0.1, 0.15) is 12.4 Å². The molecule has 138 valence electrons. The molecule has 1 aromatic carbocycles. The van der Waals surface area contributed by atoms with E-state index >= 15 is 0 Å². The van der Waals surface area contributed by atoms with Gasteiger partial charge in [-0.1, -0.05) is 0 Å². The molecule has 0 aliphatic heterocycles. The normalized spacial score (nSPS) is 11.7. The molecule has 0 fully saturated rings. The van der Waals surface area contributed by atoms with Crippen molar-refractivity contribution in [1.82, 2.24) is 24.9 Å². The van der Waals surface area contributed by atoms with E-state index < -0.39 is 11.7 Å². The lowest BCUT2D eigenvalue weighted by Crippen LogP contribution is -2.16. The van der Waals surface area contributed by atoms with Crippen molar-refractivity contribution < 1.29 is 17.9 Å². The highest BCUT2D eigenvalue weighted by Gasteiger charge is 2.29. The van der Waals surface area contributed by atoms with Crippen molar-refractivity contribution in [3.05, 3.63) is 41.6 Å². The van der Waals surface area contributed by atoms with Crippen LogP contribution in [0.4, 0.5) is 24.7 Å². The van der Waals surface area contributed by atoms with E-state index in [1.165, 1.54) is 16.6 Å². The van der Waals surface area contributed by atoms with Gasteiger partial charge in [0.15, 0.2) is 0 Å². The summed E-state index contributed by atoms with van der Waals surface area (Å²) >= 11 is 0. The first-order valence-corrected chi connectivity index (χ1v) is 7.83. The maximum absolute atomic E-state index is 12.7. The summed E-state index contributed by atoms with van der Waals surface area (Å²) in [4.78, 5) is 8.47. The van der Waals surface area contributed by atoms with Crippen molar-refractivity contribution in [3.8, 4) is 6.01 Å². The van der Waals surface area contributed by atoms with E-state index in [2.05, 4.69) is 25.7 Å². The predicted octanol–water partition coefficient (Wildman–Crippen LogP) is 2.79. The zero-order valence-electron chi connectivity index (χ0n) is 14.1. The molecule has 0 radical (unpaired) electrons. The van der Waals surface area contributed by atoms with Gasteiger partial charge < -0.3 is 15.4 Å². The molecule has 2 N–H and O–H groups in total. The topological polar surface area (TPSA) is 76.4 Å². The Morgan fingerprint density at radius 1 is 1.15 bits per heavy atom. The van der Waals surface area contributed by atoms with Gasteiger partial charge in [0.05, 0.1) is 5.56 Å². The number of rotatable bonds is 6. The molecule has 3 rings (SSSR count). The van der Waals surface area contributed by atoms with Crippen LogP contribution in [0.5, 0.6) is 6.01 Å².